The van der Waals surface area contributed by atoms with Crippen molar-refractivity contribution in [2.75, 3.05) is 19.1 Å². The molecule has 8 nitrogen and oxygen atoms in total. The molecule has 1 saturated heterocycles. The molecule has 1 aliphatic carbocycles. The summed E-state index contributed by atoms with van der Waals surface area (Å²) in [6, 6.07) is 11.1. The largest absolute Gasteiger partial charge is 0.494 e. The SMILES string of the molecule is COc1ccc(N2C(=O)CCCC2c2nc3cc(-c4c(C)ncn4C)ccc3n2C2CCC(OC)CC2)cc1F. The summed E-state index contributed by atoms with van der Waals surface area (Å²) in [6.45, 7) is 2.01. The summed E-state index contributed by atoms with van der Waals surface area (Å²) in [5.74, 6) is 0.511. The normalized spacial score (nSPS) is 21.8. The van der Waals surface area contributed by atoms with Crippen LogP contribution in [0.1, 0.15) is 68.5 Å². The zero-order valence-corrected chi connectivity index (χ0v) is 23.6. The van der Waals surface area contributed by atoms with Crippen molar-refractivity contribution in [3.63, 3.8) is 0 Å². The molecule has 4 aromatic rings. The number of imidazole rings is 2. The Bertz CT molecular complexity index is 1530. The van der Waals surface area contributed by atoms with Gasteiger partial charge in [-0.25, -0.2) is 14.4 Å². The third-order valence-electron chi connectivity index (χ3n) is 8.61. The van der Waals surface area contributed by atoms with Crippen LogP contribution in [0.5, 0.6) is 5.75 Å². The topological polar surface area (TPSA) is 74.4 Å². The van der Waals surface area contributed by atoms with E-state index in [9.17, 15) is 9.18 Å². The Morgan fingerprint density at radius 1 is 1.02 bits per heavy atom. The van der Waals surface area contributed by atoms with E-state index < -0.39 is 5.82 Å². The number of halogens is 1. The molecule has 0 radical (unpaired) electrons. The van der Waals surface area contributed by atoms with Gasteiger partial charge in [0.15, 0.2) is 11.6 Å². The van der Waals surface area contributed by atoms with Crippen LogP contribution >= 0.6 is 0 Å². The van der Waals surface area contributed by atoms with Crippen LogP contribution in [-0.2, 0) is 16.6 Å². The molecule has 2 aromatic carbocycles. The van der Waals surface area contributed by atoms with E-state index in [1.807, 2.05) is 24.9 Å². The van der Waals surface area contributed by atoms with E-state index in [0.29, 0.717) is 12.1 Å². The Kier molecular flexibility index (Phi) is 7.08. The number of nitrogens with zero attached hydrogens (tertiary/aromatic N) is 5. The lowest BCUT2D eigenvalue weighted by atomic mass is 9.91. The molecule has 1 saturated carbocycles. The minimum Gasteiger partial charge on any atom is -0.494 e. The van der Waals surface area contributed by atoms with Gasteiger partial charge < -0.3 is 23.5 Å². The molecule has 210 valence electrons. The first-order valence-corrected chi connectivity index (χ1v) is 14.1. The van der Waals surface area contributed by atoms with Gasteiger partial charge in [-0.2, -0.15) is 0 Å². The fourth-order valence-corrected chi connectivity index (χ4v) is 6.63. The van der Waals surface area contributed by atoms with Crippen LogP contribution in [0.2, 0.25) is 0 Å². The molecule has 0 bridgehead atoms. The molecular weight excluding hydrogens is 509 g/mol. The van der Waals surface area contributed by atoms with Crippen molar-refractivity contribution < 1.29 is 18.7 Å². The van der Waals surface area contributed by atoms with E-state index in [1.54, 1.807) is 24.1 Å². The van der Waals surface area contributed by atoms with E-state index in [2.05, 4.69) is 27.8 Å². The van der Waals surface area contributed by atoms with Crippen molar-refractivity contribution in [2.24, 2.45) is 7.05 Å². The van der Waals surface area contributed by atoms with Crippen LogP contribution in [0.15, 0.2) is 42.7 Å². The predicted octanol–water partition coefficient (Wildman–Crippen LogP) is 6.28. The fourth-order valence-electron chi connectivity index (χ4n) is 6.63. The van der Waals surface area contributed by atoms with E-state index in [4.69, 9.17) is 14.5 Å². The number of anilines is 1. The number of methoxy groups -OCH3 is 2. The number of aryl methyl sites for hydroxylation is 2. The molecule has 9 heteroatoms. The highest BCUT2D eigenvalue weighted by Crippen LogP contribution is 2.42. The molecule has 1 unspecified atom stereocenters. The van der Waals surface area contributed by atoms with Gasteiger partial charge in [0.1, 0.15) is 5.82 Å². The highest BCUT2D eigenvalue weighted by atomic mass is 19.1. The maximum absolute atomic E-state index is 14.8. The number of carbonyl (C=O) groups excluding carboxylic acids is 1. The van der Waals surface area contributed by atoms with Crippen molar-refractivity contribution in [2.45, 2.75) is 70.1 Å². The molecular formula is C31H36FN5O3. The number of rotatable bonds is 6. The summed E-state index contributed by atoms with van der Waals surface area (Å²) in [6.07, 6.45) is 7.92. The van der Waals surface area contributed by atoms with E-state index >= 15 is 0 Å². The van der Waals surface area contributed by atoms with Crippen LogP contribution in [0.25, 0.3) is 22.3 Å². The first kappa shape index (κ1) is 26.5. The fraction of sp³-hybridized carbons (Fsp3) is 0.452. The molecule has 0 N–H and O–H groups in total. The molecule has 3 heterocycles. The van der Waals surface area contributed by atoms with Gasteiger partial charge in [0.25, 0.3) is 0 Å². The van der Waals surface area contributed by atoms with Crippen molar-refractivity contribution in [1.29, 1.82) is 0 Å². The average Bonchev–Trinajstić information content (AvgIpc) is 3.51. The lowest BCUT2D eigenvalue weighted by Gasteiger charge is -2.37. The summed E-state index contributed by atoms with van der Waals surface area (Å²) in [5.41, 5.74) is 5.55. The second-order valence-electron chi connectivity index (χ2n) is 11.0. The Labute approximate surface area is 233 Å². The van der Waals surface area contributed by atoms with E-state index in [1.165, 1.54) is 13.2 Å². The van der Waals surface area contributed by atoms with Crippen molar-refractivity contribution in [3.8, 4) is 17.0 Å². The predicted molar refractivity (Wildman–Crippen MR) is 152 cm³/mol. The van der Waals surface area contributed by atoms with Gasteiger partial charge in [0, 0.05) is 43.9 Å². The number of hydrogen-bond acceptors (Lipinski definition) is 5. The summed E-state index contributed by atoms with van der Waals surface area (Å²) >= 11 is 0. The number of piperidine rings is 1. The summed E-state index contributed by atoms with van der Waals surface area (Å²) in [7, 11) is 5.22. The first-order valence-electron chi connectivity index (χ1n) is 14.1. The third-order valence-corrected chi connectivity index (χ3v) is 8.61. The molecule has 2 aromatic heterocycles. The zero-order valence-electron chi connectivity index (χ0n) is 23.6. The Hall–Kier alpha value is -3.72. The van der Waals surface area contributed by atoms with Crippen LogP contribution in [0, 0.1) is 12.7 Å². The van der Waals surface area contributed by atoms with Crippen molar-refractivity contribution >= 4 is 22.6 Å². The van der Waals surface area contributed by atoms with Crippen LogP contribution in [0.4, 0.5) is 10.1 Å². The highest BCUT2D eigenvalue weighted by molar-refractivity contribution is 5.95. The summed E-state index contributed by atoms with van der Waals surface area (Å²) in [4.78, 5) is 24.9. The maximum atomic E-state index is 14.8. The van der Waals surface area contributed by atoms with Gasteiger partial charge in [-0.05, 0) is 69.7 Å². The van der Waals surface area contributed by atoms with Gasteiger partial charge in [-0.15, -0.1) is 0 Å². The number of fused-ring (bicyclic) bond motifs is 1. The Morgan fingerprint density at radius 2 is 1.82 bits per heavy atom. The monoisotopic (exact) mass is 545 g/mol. The molecule has 40 heavy (non-hydrogen) atoms. The van der Waals surface area contributed by atoms with E-state index in [0.717, 1.165) is 72.3 Å². The van der Waals surface area contributed by atoms with Crippen molar-refractivity contribution in [3.05, 3.63) is 60.1 Å². The number of hydrogen-bond donors (Lipinski definition) is 0. The number of benzene rings is 2. The summed E-state index contributed by atoms with van der Waals surface area (Å²) < 4.78 is 30.0. The van der Waals surface area contributed by atoms with Crippen molar-refractivity contribution in [1.82, 2.24) is 19.1 Å². The molecule has 1 atom stereocenters. The molecule has 6 rings (SSSR count). The summed E-state index contributed by atoms with van der Waals surface area (Å²) in [5, 5.41) is 0. The standard InChI is InChI=1S/C31H36FN5O3/c1-19-30(35(2)18-33-19)20-8-14-26-25(16-20)34-31(37(26)21-9-12-23(39-3)13-10-21)27-6-5-7-29(38)36(27)22-11-15-28(40-4)24(32)17-22/h8,11,14-18,21,23,27H,5-7,9-10,12-13H2,1-4H3. The quantitative estimate of drug-likeness (QED) is 0.285. The lowest BCUT2D eigenvalue weighted by molar-refractivity contribution is -0.120. The second kappa shape index (κ2) is 10.7. The number of ether oxygens (including phenoxy) is 2. The molecule has 1 amide bonds. The third kappa shape index (κ3) is 4.56. The smallest absolute Gasteiger partial charge is 0.227 e. The Morgan fingerprint density at radius 3 is 2.50 bits per heavy atom. The van der Waals surface area contributed by atoms with Gasteiger partial charge >= 0.3 is 0 Å². The molecule has 2 aliphatic rings. The number of carbonyl (C=O) groups is 1. The zero-order chi connectivity index (χ0) is 28.0. The van der Waals surface area contributed by atoms with Gasteiger partial charge in [0.2, 0.25) is 5.91 Å². The lowest BCUT2D eigenvalue weighted by Crippen LogP contribution is -2.40. The van der Waals surface area contributed by atoms with Gasteiger partial charge in [-0.1, -0.05) is 6.07 Å². The van der Waals surface area contributed by atoms with Crippen LogP contribution < -0.4 is 9.64 Å². The highest BCUT2D eigenvalue weighted by Gasteiger charge is 2.36. The van der Waals surface area contributed by atoms with E-state index in [-0.39, 0.29) is 29.8 Å². The minimum absolute atomic E-state index is 0.0197. The first-order chi connectivity index (χ1) is 19.4. The number of aromatic nitrogens is 4. The average molecular weight is 546 g/mol. The van der Waals surface area contributed by atoms with Crippen LogP contribution in [-0.4, -0.2) is 45.3 Å². The van der Waals surface area contributed by atoms with Gasteiger partial charge in [-0.3, -0.25) is 4.79 Å². The molecule has 0 spiro atoms. The molecule has 1 aliphatic heterocycles. The van der Waals surface area contributed by atoms with Gasteiger partial charge in [0.05, 0.1) is 48.0 Å². The number of amides is 1. The minimum atomic E-state index is -0.486. The molecule has 2 fully saturated rings. The van der Waals surface area contributed by atoms with Crippen LogP contribution in [0.3, 0.4) is 0 Å². The maximum Gasteiger partial charge on any atom is 0.227 e. The second-order valence-corrected chi connectivity index (χ2v) is 11.0. The Balaban J connectivity index is 1.49.